The Bertz CT molecular complexity index is 1060. The van der Waals surface area contributed by atoms with E-state index < -0.39 is 0 Å². The zero-order valence-electron chi connectivity index (χ0n) is 17.4. The van der Waals surface area contributed by atoms with Gasteiger partial charge in [-0.3, -0.25) is 4.79 Å². The Hall–Kier alpha value is -2.76. The molecule has 3 heterocycles. The molecule has 1 amide bonds. The summed E-state index contributed by atoms with van der Waals surface area (Å²) in [5.41, 5.74) is 2.50. The van der Waals surface area contributed by atoms with Gasteiger partial charge in [-0.05, 0) is 37.0 Å². The van der Waals surface area contributed by atoms with Gasteiger partial charge in [-0.15, -0.1) is 0 Å². The van der Waals surface area contributed by atoms with E-state index in [0.717, 1.165) is 31.6 Å². The Labute approximate surface area is 170 Å². The number of halogens is 1. The molecule has 2 aromatic heterocycles. The van der Waals surface area contributed by atoms with Gasteiger partial charge in [-0.1, -0.05) is 39.8 Å². The molecule has 0 atom stereocenters. The van der Waals surface area contributed by atoms with Crippen molar-refractivity contribution in [2.75, 3.05) is 13.1 Å². The molecule has 0 aliphatic carbocycles. The molecule has 6 heteroatoms. The van der Waals surface area contributed by atoms with Gasteiger partial charge in [0, 0.05) is 30.1 Å². The summed E-state index contributed by atoms with van der Waals surface area (Å²) >= 11 is 0. The molecule has 1 aliphatic rings. The number of aromatic nitrogens is 3. The second-order valence-corrected chi connectivity index (χ2v) is 9.03. The minimum absolute atomic E-state index is 0.101. The Morgan fingerprint density at radius 2 is 1.83 bits per heavy atom. The Balaban J connectivity index is 1.86. The molecule has 0 saturated carbocycles. The summed E-state index contributed by atoms with van der Waals surface area (Å²) in [5.74, 6) is 0.182. The second-order valence-electron chi connectivity index (χ2n) is 9.03. The van der Waals surface area contributed by atoms with Gasteiger partial charge in [-0.2, -0.15) is 5.10 Å². The van der Waals surface area contributed by atoms with Crippen molar-refractivity contribution in [3.8, 4) is 11.3 Å². The van der Waals surface area contributed by atoms with E-state index in [2.05, 4.69) is 37.8 Å². The predicted molar refractivity (Wildman–Crippen MR) is 111 cm³/mol. The summed E-state index contributed by atoms with van der Waals surface area (Å²) in [5, 5.41) is 4.69. The van der Waals surface area contributed by atoms with Crippen LogP contribution >= 0.6 is 0 Å². The summed E-state index contributed by atoms with van der Waals surface area (Å²) in [7, 11) is 0. The van der Waals surface area contributed by atoms with Crippen LogP contribution in [0.4, 0.5) is 4.39 Å². The first-order valence-electron chi connectivity index (χ1n) is 10.2. The Morgan fingerprint density at radius 1 is 1.14 bits per heavy atom. The quantitative estimate of drug-likeness (QED) is 0.633. The monoisotopic (exact) mass is 394 g/mol. The van der Waals surface area contributed by atoms with Crippen molar-refractivity contribution in [3.05, 3.63) is 53.6 Å². The van der Waals surface area contributed by atoms with Crippen molar-refractivity contribution >= 4 is 11.6 Å². The number of hydrogen-bond donors (Lipinski definition) is 0. The van der Waals surface area contributed by atoms with E-state index >= 15 is 0 Å². The molecular formula is C23H27FN4O. The lowest BCUT2D eigenvalue weighted by Gasteiger charge is -2.30. The molecule has 0 N–H and O–H groups in total. The SMILES string of the molecule is CC1CCN(C(=O)c2cc(-c3ccccc3F)n3nc(C(C)(C)C)cc3n2)CC1. The maximum Gasteiger partial charge on any atom is 0.272 e. The number of rotatable bonds is 2. The minimum Gasteiger partial charge on any atom is -0.337 e. The molecule has 1 fully saturated rings. The number of likely N-dealkylation sites (tertiary alicyclic amines) is 1. The van der Waals surface area contributed by atoms with E-state index in [1.165, 1.54) is 6.07 Å². The van der Waals surface area contributed by atoms with Crippen LogP contribution < -0.4 is 0 Å². The maximum atomic E-state index is 14.6. The largest absolute Gasteiger partial charge is 0.337 e. The molecule has 1 aliphatic heterocycles. The minimum atomic E-state index is -0.349. The molecular weight excluding hydrogens is 367 g/mol. The third kappa shape index (κ3) is 3.76. The summed E-state index contributed by atoms with van der Waals surface area (Å²) in [6, 6.07) is 10.1. The second kappa shape index (κ2) is 7.25. The lowest BCUT2D eigenvalue weighted by Crippen LogP contribution is -2.38. The van der Waals surface area contributed by atoms with E-state index in [0.29, 0.717) is 28.5 Å². The van der Waals surface area contributed by atoms with Gasteiger partial charge in [0.1, 0.15) is 11.5 Å². The highest BCUT2D eigenvalue weighted by molar-refractivity contribution is 5.94. The van der Waals surface area contributed by atoms with Crippen molar-refractivity contribution in [2.45, 2.75) is 46.0 Å². The van der Waals surface area contributed by atoms with Gasteiger partial charge in [0.05, 0.1) is 11.4 Å². The highest BCUT2D eigenvalue weighted by Gasteiger charge is 2.26. The first-order valence-corrected chi connectivity index (χ1v) is 10.2. The summed E-state index contributed by atoms with van der Waals surface area (Å²) < 4.78 is 16.3. The van der Waals surface area contributed by atoms with Crippen LogP contribution in [0.2, 0.25) is 0 Å². The molecule has 5 nitrogen and oxygen atoms in total. The lowest BCUT2D eigenvalue weighted by atomic mass is 9.93. The topological polar surface area (TPSA) is 50.5 Å². The fourth-order valence-corrected chi connectivity index (χ4v) is 3.69. The van der Waals surface area contributed by atoms with Crippen LogP contribution in [0.3, 0.4) is 0 Å². The molecule has 1 aromatic carbocycles. The van der Waals surface area contributed by atoms with Gasteiger partial charge in [0.15, 0.2) is 5.65 Å². The molecule has 3 aromatic rings. The van der Waals surface area contributed by atoms with Crippen molar-refractivity contribution in [1.82, 2.24) is 19.5 Å². The number of amides is 1. The van der Waals surface area contributed by atoms with Gasteiger partial charge in [0.2, 0.25) is 0 Å². The zero-order valence-corrected chi connectivity index (χ0v) is 17.4. The average molecular weight is 394 g/mol. The molecule has 152 valence electrons. The summed E-state index contributed by atoms with van der Waals surface area (Å²) in [4.78, 5) is 19.6. The maximum absolute atomic E-state index is 14.6. The number of carbonyl (C=O) groups excluding carboxylic acids is 1. The normalized spacial score (nSPS) is 15.8. The number of hydrogen-bond acceptors (Lipinski definition) is 3. The van der Waals surface area contributed by atoms with Crippen LogP contribution in [0.25, 0.3) is 16.9 Å². The van der Waals surface area contributed by atoms with Crippen LogP contribution in [-0.2, 0) is 5.41 Å². The molecule has 0 unspecified atom stereocenters. The van der Waals surface area contributed by atoms with Crippen LogP contribution in [-0.4, -0.2) is 38.5 Å². The van der Waals surface area contributed by atoms with Crippen molar-refractivity contribution in [2.24, 2.45) is 5.92 Å². The fraction of sp³-hybridized carbons (Fsp3) is 0.435. The number of nitrogens with zero attached hydrogens (tertiary/aromatic N) is 4. The Kier molecular flexibility index (Phi) is 4.89. The third-order valence-corrected chi connectivity index (χ3v) is 5.64. The van der Waals surface area contributed by atoms with Gasteiger partial charge in [-0.25, -0.2) is 13.9 Å². The van der Waals surface area contributed by atoms with Crippen LogP contribution in [0.5, 0.6) is 0 Å². The molecule has 0 spiro atoms. The van der Waals surface area contributed by atoms with Crippen molar-refractivity contribution in [3.63, 3.8) is 0 Å². The highest BCUT2D eigenvalue weighted by Crippen LogP contribution is 2.28. The number of fused-ring (bicyclic) bond motifs is 1. The first-order chi connectivity index (χ1) is 13.7. The number of carbonyl (C=O) groups is 1. The van der Waals surface area contributed by atoms with E-state index in [-0.39, 0.29) is 17.1 Å². The lowest BCUT2D eigenvalue weighted by molar-refractivity contribution is 0.0691. The van der Waals surface area contributed by atoms with Gasteiger partial charge < -0.3 is 4.90 Å². The smallest absolute Gasteiger partial charge is 0.272 e. The first kappa shape index (κ1) is 19.6. The van der Waals surface area contributed by atoms with Gasteiger partial charge >= 0.3 is 0 Å². The zero-order chi connectivity index (χ0) is 20.8. The van der Waals surface area contributed by atoms with Crippen molar-refractivity contribution in [1.29, 1.82) is 0 Å². The number of piperidine rings is 1. The average Bonchev–Trinajstić information content (AvgIpc) is 3.12. The van der Waals surface area contributed by atoms with Crippen LogP contribution in [0, 0.1) is 11.7 Å². The molecule has 1 saturated heterocycles. The molecule has 4 rings (SSSR count). The fourth-order valence-electron chi connectivity index (χ4n) is 3.69. The summed E-state index contributed by atoms with van der Waals surface area (Å²) in [6.07, 6.45) is 1.99. The summed E-state index contributed by atoms with van der Waals surface area (Å²) in [6.45, 7) is 9.88. The molecule has 0 radical (unpaired) electrons. The standard InChI is InChI=1S/C23H27FN4O/c1-15-9-11-27(12-10-15)22(29)18-13-19(16-7-5-6-8-17(16)24)28-21(25-18)14-20(26-28)23(2,3)4/h5-8,13-15H,9-12H2,1-4H3. The Morgan fingerprint density at radius 3 is 2.48 bits per heavy atom. The van der Waals surface area contributed by atoms with Crippen LogP contribution in [0.15, 0.2) is 36.4 Å². The van der Waals surface area contributed by atoms with E-state index in [1.807, 2.05) is 11.0 Å². The number of benzene rings is 1. The molecule has 0 bridgehead atoms. The predicted octanol–water partition coefficient (Wildman–Crippen LogP) is 4.71. The van der Waals surface area contributed by atoms with Crippen molar-refractivity contribution < 1.29 is 9.18 Å². The highest BCUT2D eigenvalue weighted by atomic mass is 19.1. The van der Waals surface area contributed by atoms with E-state index in [1.54, 1.807) is 28.8 Å². The van der Waals surface area contributed by atoms with Crippen LogP contribution in [0.1, 0.15) is 56.7 Å². The van der Waals surface area contributed by atoms with E-state index in [9.17, 15) is 9.18 Å². The van der Waals surface area contributed by atoms with E-state index in [4.69, 9.17) is 0 Å². The van der Waals surface area contributed by atoms with Gasteiger partial charge in [0.25, 0.3) is 5.91 Å². The molecule has 29 heavy (non-hydrogen) atoms. The third-order valence-electron chi connectivity index (χ3n) is 5.64.